The number of aliphatic hydroxyl groups is 3. The lowest BCUT2D eigenvalue weighted by Gasteiger charge is -2.48. The molecular formula is C64H90O13. The lowest BCUT2D eigenvalue weighted by Crippen LogP contribution is -2.55. The molecule has 3 spiro atoms. The zero-order valence-electron chi connectivity index (χ0n) is 45.9. The van der Waals surface area contributed by atoms with E-state index in [-0.39, 0.29) is 42.9 Å². The largest absolute Gasteiger partial charge is 0.394 e. The van der Waals surface area contributed by atoms with Crippen LogP contribution in [0.4, 0.5) is 0 Å². The third-order valence-corrected chi connectivity index (χ3v) is 15.7. The Hall–Kier alpha value is -3.64. The standard InChI is InChI=1S/C27H36O6.C25H32O4.C12H22O3/c28-23-15-25(11-13-30-19-21-7-3-1-4-8-21)32-27(17-23)18-24(29)16-26(33-27)12-14-31-20-22-9-5-2-6-10-22;1-3-9-21(10-4-1)17-26-19-23-13-7-15-25(28-23)16-8-14-24(29-25)20-27-18-22-11-5-2-6-12-22;1-2-10-5-3-7-12(14-10)8-4-6-11(9-13)15-12/h1-10,23-26,28-29H,11-20H2;1-6,9-12,23-24H,7-8,13-20H2;10-11,13H,2-9H2,1H3. The molecule has 6 aliphatic rings. The second-order valence-electron chi connectivity index (χ2n) is 22.2. The molecule has 6 heterocycles. The predicted octanol–water partition coefficient (Wildman–Crippen LogP) is 11.5. The minimum atomic E-state index is -0.941. The van der Waals surface area contributed by atoms with Crippen LogP contribution in [-0.4, -0.2) is 115 Å². The van der Waals surface area contributed by atoms with Gasteiger partial charge in [-0.25, -0.2) is 0 Å². The van der Waals surface area contributed by atoms with E-state index >= 15 is 0 Å². The van der Waals surface area contributed by atoms with E-state index in [0.29, 0.717) is 97.5 Å². The molecule has 4 aromatic rings. The Morgan fingerprint density at radius 1 is 0.416 bits per heavy atom. The maximum absolute atomic E-state index is 10.5. The number of ether oxygens (including phenoxy) is 10. The maximum Gasteiger partial charge on any atom is 0.173 e. The summed E-state index contributed by atoms with van der Waals surface area (Å²) in [4.78, 5) is 0. The summed E-state index contributed by atoms with van der Waals surface area (Å²) in [6.07, 6.45) is 16.2. The minimum absolute atomic E-state index is 0.00523. The van der Waals surface area contributed by atoms with Gasteiger partial charge in [-0.1, -0.05) is 128 Å². The summed E-state index contributed by atoms with van der Waals surface area (Å²) >= 11 is 0. The first-order valence-electron chi connectivity index (χ1n) is 29.2. The molecule has 0 radical (unpaired) electrons. The first-order chi connectivity index (χ1) is 37.7. The Bertz CT molecular complexity index is 2030. The molecule has 13 nitrogen and oxygen atoms in total. The maximum atomic E-state index is 10.5. The molecule has 0 bridgehead atoms. The molecule has 0 amide bonds. The van der Waals surface area contributed by atoms with Gasteiger partial charge in [-0.2, -0.15) is 0 Å². The zero-order chi connectivity index (χ0) is 53.4. The van der Waals surface area contributed by atoms with Crippen LogP contribution in [0.1, 0.15) is 151 Å². The SMILES string of the molecule is CCC1CCCC2(CCCC(CO)O2)O1.OC1CC(CCOCc2ccccc2)OC2(C1)CC(O)CC(CCOCc1ccccc1)O2.c1ccc(COCC2CCCC3(CCCC(COCc4ccccc4)O3)O2)cc1. The fourth-order valence-corrected chi connectivity index (χ4v) is 11.9. The third kappa shape index (κ3) is 19.8. The Labute approximate surface area is 459 Å². The summed E-state index contributed by atoms with van der Waals surface area (Å²) in [5.74, 6) is -1.74. The van der Waals surface area contributed by atoms with E-state index in [0.717, 1.165) is 88.2 Å². The monoisotopic (exact) mass is 1070 g/mol. The van der Waals surface area contributed by atoms with Crippen molar-refractivity contribution in [3.63, 3.8) is 0 Å². The number of rotatable bonds is 20. The molecule has 10 rings (SSSR count). The Morgan fingerprint density at radius 2 is 0.740 bits per heavy atom. The lowest BCUT2D eigenvalue weighted by atomic mass is 9.88. The summed E-state index contributed by atoms with van der Waals surface area (Å²) in [5, 5.41) is 30.2. The Kier molecular flexibility index (Phi) is 24.2. The van der Waals surface area contributed by atoms with Crippen molar-refractivity contribution in [2.75, 3.05) is 33.0 Å². The van der Waals surface area contributed by atoms with Crippen molar-refractivity contribution in [1.29, 1.82) is 0 Å². The first-order valence-corrected chi connectivity index (χ1v) is 29.2. The van der Waals surface area contributed by atoms with Crippen molar-refractivity contribution < 1.29 is 62.7 Å². The van der Waals surface area contributed by atoms with Crippen LogP contribution in [0.3, 0.4) is 0 Å². The van der Waals surface area contributed by atoms with Crippen LogP contribution in [0.2, 0.25) is 0 Å². The molecule has 6 saturated heterocycles. The van der Waals surface area contributed by atoms with Gasteiger partial charge in [0, 0.05) is 51.7 Å². The molecule has 77 heavy (non-hydrogen) atoms. The van der Waals surface area contributed by atoms with Crippen molar-refractivity contribution in [2.24, 2.45) is 0 Å². The molecule has 0 saturated carbocycles. The molecule has 6 fully saturated rings. The van der Waals surface area contributed by atoms with E-state index < -0.39 is 23.8 Å². The average molecular weight is 1070 g/mol. The van der Waals surface area contributed by atoms with Crippen LogP contribution >= 0.6 is 0 Å². The predicted molar refractivity (Wildman–Crippen MR) is 294 cm³/mol. The highest BCUT2D eigenvalue weighted by Gasteiger charge is 2.48. The van der Waals surface area contributed by atoms with Crippen molar-refractivity contribution >= 4 is 0 Å². The van der Waals surface area contributed by atoms with E-state index in [9.17, 15) is 10.2 Å². The van der Waals surface area contributed by atoms with Crippen LogP contribution in [0.25, 0.3) is 0 Å². The summed E-state index contributed by atoms with van der Waals surface area (Å²) in [7, 11) is 0. The summed E-state index contributed by atoms with van der Waals surface area (Å²) in [5.41, 5.74) is 4.66. The Balaban J connectivity index is 0.000000163. The van der Waals surface area contributed by atoms with Gasteiger partial charge in [-0.15, -0.1) is 0 Å². The fourth-order valence-electron chi connectivity index (χ4n) is 11.9. The van der Waals surface area contributed by atoms with E-state index in [1.54, 1.807) is 0 Å². The molecule has 13 heteroatoms. The van der Waals surface area contributed by atoms with Crippen LogP contribution in [0.15, 0.2) is 121 Å². The van der Waals surface area contributed by atoms with E-state index in [1.165, 1.54) is 17.5 Å². The summed E-state index contributed by atoms with van der Waals surface area (Å²) in [6.45, 7) is 6.99. The molecule has 4 aromatic carbocycles. The normalized spacial score (nSPS) is 31.2. The molecular weight excluding hydrogens is 977 g/mol. The van der Waals surface area contributed by atoms with Gasteiger partial charge in [0.05, 0.1) is 95.1 Å². The molecule has 3 N–H and O–H groups in total. The van der Waals surface area contributed by atoms with Crippen LogP contribution in [0.5, 0.6) is 0 Å². The van der Waals surface area contributed by atoms with Crippen LogP contribution in [-0.2, 0) is 73.8 Å². The molecule has 0 aliphatic carbocycles. The summed E-state index contributed by atoms with van der Waals surface area (Å²) < 4.78 is 61.1. The molecule has 9 atom stereocenters. The second-order valence-corrected chi connectivity index (χ2v) is 22.2. The Morgan fingerprint density at radius 3 is 1.12 bits per heavy atom. The van der Waals surface area contributed by atoms with Gasteiger partial charge in [-0.05, 0) is 106 Å². The van der Waals surface area contributed by atoms with Crippen molar-refractivity contribution in [2.45, 2.75) is 222 Å². The molecule has 9 unspecified atom stereocenters. The molecule has 424 valence electrons. The van der Waals surface area contributed by atoms with Gasteiger partial charge in [0.1, 0.15) is 0 Å². The quantitative estimate of drug-likeness (QED) is 0.0721. The highest BCUT2D eigenvalue weighted by atomic mass is 16.7. The van der Waals surface area contributed by atoms with Crippen molar-refractivity contribution in [3.8, 4) is 0 Å². The first kappa shape index (κ1) is 59.5. The van der Waals surface area contributed by atoms with Gasteiger partial charge in [0.25, 0.3) is 0 Å². The highest BCUT2D eigenvalue weighted by molar-refractivity contribution is 5.15. The fraction of sp³-hybridized carbons (Fsp3) is 0.625. The van der Waals surface area contributed by atoms with Gasteiger partial charge < -0.3 is 62.7 Å². The number of hydrogen-bond acceptors (Lipinski definition) is 13. The van der Waals surface area contributed by atoms with Crippen molar-refractivity contribution in [3.05, 3.63) is 144 Å². The molecule has 6 aliphatic heterocycles. The van der Waals surface area contributed by atoms with E-state index in [4.69, 9.17) is 52.5 Å². The number of aliphatic hydroxyl groups excluding tert-OH is 3. The van der Waals surface area contributed by atoms with Gasteiger partial charge in [0.15, 0.2) is 17.4 Å². The smallest absolute Gasteiger partial charge is 0.173 e. The highest BCUT2D eigenvalue weighted by Crippen LogP contribution is 2.43. The van der Waals surface area contributed by atoms with Gasteiger partial charge in [-0.3, -0.25) is 0 Å². The number of hydrogen-bond donors (Lipinski definition) is 3. The lowest BCUT2D eigenvalue weighted by molar-refractivity contribution is -0.340. The van der Waals surface area contributed by atoms with Crippen molar-refractivity contribution in [1.82, 2.24) is 0 Å². The summed E-state index contributed by atoms with van der Waals surface area (Å²) in [6, 6.07) is 40.7. The zero-order valence-corrected chi connectivity index (χ0v) is 45.9. The van der Waals surface area contributed by atoms with Gasteiger partial charge >= 0.3 is 0 Å². The van der Waals surface area contributed by atoms with Crippen LogP contribution < -0.4 is 0 Å². The van der Waals surface area contributed by atoms with Crippen LogP contribution in [0, 0.1) is 0 Å². The number of benzene rings is 4. The second kappa shape index (κ2) is 31.4. The average Bonchev–Trinajstić information content (AvgIpc) is 3.45. The van der Waals surface area contributed by atoms with Gasteiger partial charge in [0.2, 0.25) is 0 Å². The van der Waals surface area contributed by atoms with E-state index in [1.807, 2.05) is 97.1 Å². The van der Waals surface area contributed by atoms with E-state index in [2.05, 4.69) is 31.2 Å². The topological polar surface area (TPSA) is 153 Å². The molecule has 0 aromatic heterocycles. The minimum Gasteiger partial charge on any atom is -0.394 e. The third-order valence-electron chi connectivity index (χ3n) is 15.7.